The van der Waals surface area contributed by atoms with Crippen LogP contribution in [-0.2, 0) is 15.0 Å². The topological polar surface area (TPSA) is 86.7 Å². The molecule has 0 amide bonds. The second kappa shape index (κ2) is 5.14. The molecule has 2 aliphatic rings. The summed E-state index contributed by atoms with van der Waals surface area (Å²) in [4.78, 5) is 11.1. The summed E-state index contributed by atoms with van der Waals surface area (Å²) in [5.41, 5.74) is 0. The Morgan fingerprint density at radius 1 is 1.33 bits per heavy atom. The highest BCUT2D eigenvalue weighted by molar-refractivity contribution is 7.87. The standard InChI is InChI=1S/C11H20N2O4S/c1-8(9-5-6-9)12-18(16,17)13-7-3-2-4-10(13)11(14)15/h8-10,12H,2-7H2,1H3,(H,14,15). The van der Waals surface area contributed by atoms with Crippen molar-refractivity contribution in [1.29, 1.82) is 0 Å². The van der Waals surface area contributed by atoms with E-state index in [1.807, 2.05) is 6.92 Å². The van der Waals surface area contributed by atoms with Crippen molar-refractivity contribution >= 4 is 16.2 Å². The highest BCUT2D eigenvalue weighted by Gasteiger charge is 2.39. The summed E-state index contributed by atoms with van der Waals surface area (Å²) in [5, 5.41) is 9.09. The monoisotopic (exact) mass is 276 g/mol. The molecule has 0 aromatic carbocycles. The van der Waals surface area contributed by atoms with E-state index in [1.165, 1.54) is 0 Å². The van der Waals surface area contributed by atoms with Crippen LogP contribution in [0.2, 0.25) is 0 Å². The van der Waals surface area contributed by atoms with E-state index < -0.39 is 22.2 Å². The maximum Gasteiger partial charge on any atom is 0.322 e. The third kappa shape index (κ3) is 3.02. The van der Waals surface area contributed by atoms with E-state index in [-0.39, 0.29) is 6.04 Å². The number of nitrogens with zero attached hydrogens (tertiary/aromatic N) is 1. The van der Waals surface area contributed by atoms with Crippen molar-refractivity contribution in [3.63, 3.8) is 0 Å². The molecule has 0 spiro atoms. The number of carboxylic acids is 1. The van der Waals surface area contributed by atoms with Crippen LogP contribution in [0.4, 0.5) is 0 Å². The summed E-state index contributed by atoms with van der Waals surface area (Å²) in [6.07, 6.45) is 3.98. The van der Waals surface area contributed by atoms with Gasteiger partial charge in [0.25, 0.3) is 10.2 Å². The minimum atomic E-state index is -3.68. The number of aliphatic carboxylic acids is 1. The van der Waals surface area contributed by atoms with Crippen molar-refractivity contribution in [3.05, 3.63) is 0 Å². The second-order valence-electron chi connectivity index (χ2n) is 5.21. The molecule has 2 fully saturated rings. The smallest absolute Gasteiger partial charge is 0.322 e. The van der Waals surface area contributed by atoms with Crippen LogP contribution in [-0.4, -0.2) is 42.4 Å². The maximum atomic E-state index is 12.2. The average molecular weight is 276 g/mol. The first kappa shape index (κ1) is 13.8. The lowest BCUT2D eigenvalue weighted by Crippen LogP contribution is -2.53. The third-order valence-electron chi connectivity index (χ3n) is 3.71. The van der Waals surface area contributed by atoms with Gasteiger partial charge in [-0.2, -0.15) is 17.4 Å². The van der Waals surface area contributed by atoms with Gasteiger partial charge in [-0.25, -0.2) is 0 Å². The van der Waals surface area contributed by atoms with Gasteiger partial charge in [0.1, 0.15) is 6.04 Å². The fourth-order valence-corrected chi connectivity index (χ4v) is 4.13. The zero-order valence-corrected chi connectivity index (χ0v) is 11.3. The van der Waals surface area contributed by atoms with Gasteiger partial charge in [-0.3, -0.25) is 4.79 Å². The second-order valence-corrected chi connectivity index (χ2v) is 6.86. The quantitative estimate of drug-likeness (QED) is 0.768. The zero-order chi connectivity index (χ0) is 13.3. The van der Waals surface area contributed by atoms with Crippen molar-refractivity contribution in [1.82, 2.24) is 9.03 Å². The number of nitrogens with one attached hydrogen (secondary N) is 1. The molecule has 2 unspecified atom stereocenters. The van der Waals surface area contributed by atoms with E-state index in [4.69, 9.17) is 5.11 Å². The molecule has 2 rings (SSSR count). The molecule has 0 aromatic rings. The van der Waals surface area contributed by atoms with Crippen molar-refractivity contribution in [3.8, 4) is 0 Å². The first-order valence-corrected chi connectivity index (χ1v) is 7.88. The Bertz CT molecular complexity index is 419. The molecule has 0 bridgehead atoms. The molecule has 1 heterocycles. The molecule has 18 heavy (non-hydrogen) atoms. The van der Waals surface area contributed by atoms with Crippen LogP contribution >= 0.6 is 0 Å². The number of hydrogen-bond acceptors (Lipinski definition) is 3. The summed E-state index contributed by atoms with van der Waals surface area (Å²) >= 11 is 0. The number of carbonyl (C=O) groups is 1. The lowest BCUT2D eigenvalue weighted by Gasteiger charge is -2.32. The molecule has 1 saturated carbocycles. The summed E-state index contributed by atoms with van der Waals surface area (Å²) in [6.45, 7) is 2.14. The number of piperidine rings is 1. The predicted octanol–water partition coefficient (Wildman–Crippen LogP) is 0.558. The van der Waals surface area contributed by atoms with Gasteiger partial charge in [0.05, 0.1) is 0 Å². The molecule has 1 aliphatic carbocycles. The van der Waals surface area contributed by atoms with Crippen molar-refractivity contribution in [2.45, 2.75) is 51.1 Å². The SMILES string of the molecule is CC(NS(=O)(=O)N1CCCCC1C(=O)O)C1CC1. The Morgan fingerprint density at radius 2 is 2.00 bits per heavy atom. The van der Waals surface area contributed by atoms with E-state index >= 15 is 0 Å². The van der Waals surface area contributed by atoms with Crippen LogP contribution in [0.15, 0.2) is 0 Å². The Kier molecular flexibility index (Phi) is 3.93. The van der Waals surface area contributed by atoms with E-state index in [9.17, 15) is 13.2 Å². The molecular weight excluding hydrogens is 256 g/mol. The minimum Gasteiger partial charge on any atom is -0.480 e. The highest BCUT2D eigenvalue weighted by Crippen LogP contribution is 2.33. The average Bonchev–Trinajstić information content (AvgIpc) is 3.12. The summed E-state index contributed by atoms with van der Waals surface area (Å²) in [6, 6.07) is -1.02. The van der Waals surface area contributed by atoms with E-state index in [1.54, 1.807) is 0 Å². The van der Waals surface area contributed by atoms with Crippen LogP contribution in [0.3, 0.4) is 0 Å². The van der Waals surface area contributed by atoms with Crippen molar-refractivity contribution in [2.24, 2.45) is 5.92 Å². The highest BCUT2D eigenvalue weighted by atomic mass is 32.2. The van der Waals surface area contributed by atoms with Gasteiger partial charge >= 0.3 is 5.97 Å². The molecule has 1 saturated heterocycles. The Morgan fingerprint density at radius 3 is 2.56 bits per heavy atom. The molecule has 104 valence electrons. The molecule has 2 atom stereocenters. The van der Waals surface area contributed by atoms with Crippen LogP contribution in [0.1, 0.15) is 39.0 Å². The lowest BCUT2D eigenvalue weighted by atomic mass is 10.1. The summed E-state index contributed by atoms with van der Waals surface area (Å²) < 4.78 is 28.1. The first-order valence-electron chi connectivity index (χ1n) is 6.43. The van der Waals surface area contributed by atoms with Gasteiger partial charge in [-0.1, -0.05) is 0 Å². The van der Waals surface area contributed by atoms with Crippen LogP contribution < -0.4 is 4.72 Å². The van der Waals surface area contributed by atoms with E-state index in [2.05, 4.69) is 4.72 Å². The van der Waals surface area contributed by atoms with E-state index in [0.29, 0.717) is 18.9 Å². The predicted molar refractivity (Wildman–Crippen MR) is 66.2 cm³/mol. The Labute approximate surface area is 108 Å². The van der Waals surface area contributed by atoms with Crippen LogP contribution in [0.25, 0.3) is 0 Å². The van der Waals surface area contributed by atoms with Crippen LogP contribution in [0.5, 0.6) is 0 Å². The summed E-state index contributed by atoms with van der Waals surface area (Å²) in [5.74, 6) is -0.646. The molecule has 0 radical (unpaired) electrons. The summed E-state index contributed by atoms with van der Waals surface area (Å²) in [7, 11) is -3.68. The van der Waals surface area contributed by atoms with Gasteiger partial charge in [-0.05, 0) is 44.9 Å². The fraction of sp³-hybridized carbons (Fsp3) is 0.909. The number of hydrogen-bond donors (Lipinski definition) is 2. The van der Waals surface area contributed by atoms with Crippen molar-refractivity contribution < 1.29 is 18.3 Å². The molecule has 2 N–H and O–H groups in total. The maximum absolute atomic E-state index is 12.2. The van der Waals surface area contributed by atoms with Gasteiger partial charge in [0, 0.05) is 12.6 Å². The molecular formula is C11H20N2O4S. The fourth-order valence-electron chi connectivity index (χ4n) is 2.43. The van der Waals surface area contributed by atoms with Gasteiger partial charge < -0.3 is 5.11 Å². The largest absolute Gasteiger partial charge is 0.480 e. The minimum absolute atomic E-state index is 0.105. The molecule has 1 aliphatic heterocycles. The Hall–Kier alpha value is -0.660. The lowest BCUT2D eigenvalue weighted by molar-refractivity contribution is -0.142. The molecule has 7 heteroatoms. The third-order valence-corrected chi connectivity index (χ3v) is 5.44. The van der Waals surface area contributed by atoms with E-state index in [0.717, 1.165) is 30.0 Å². The van der Waals surface area contributed by atoms with Gasteiger partial charge in [0.2, 0.25) is 0 Å². The number of carboxylic acid groups (broad SMARTS) is 1. The molecule has 0 aromatic heterocycles. The first-order chi connectivity index (χ1) is 8.42. The zero-order valence-electron chi connectivity index (χ0n) is 10.5. The number of rotatable bonds is 5. The van der Waals surface area contributed by atoms with Gasteiger partial charge in [-0.15, -0.1) is 0 Å². The normalized spacial score (nSPS) is 27.9. The van der Waals surface area contributed by atoms with Gasteiger partial charge in [0.15, 0.2) is 0 Å². The van der Waals surface area contributed by atoms with Crippen LogP contribution in [0, 0.1) is 5.92 Å². The Balaban J connectivity index is 2.08. The molecule has 6 nitrogen and oxygen atoms in total. The van der Waals surface area contributed by atoms with Crippen molar-refractivity contribution in [2.75, 3.05) is 6.54 Å².